The van der Waals surface area contributed by atoms with Gasteiger partial charge in [-0.3, -0.25) is 14.4 Å². The van der Waals surface area contributed by atoms with Gasteiger partial charge in [-0.2, -0.15) is 0 Å². The third kappa shape index (κ3) is 4.32. The summed E-state index contributed by atoms with van der Waals surface area (Å²) in [6.45, 7) is 14.0. The first kappa shape index (κ1) is 30.4. The van der Waals surface area contributed by atoms with Crippen molar-refractivity contribution in [3.05, 3.63) is 58.9 Å². The van der Waals surface area contributed by atoms with E-state index in [0.717, 1.165) is 5.57 Å². The molecule has 1 fully saturated rings. The van der Waals surface area contributed by atoms with E-state index < -0.39 is 57.0 Å². The molecule has 1 heterocycles. The quantitative estimate of drug-likeness (QED) is 0.254. The van der Waals surface area contributed by atoms with Crippen LogP contribution in [0.2, 0.25) is 0 Å². The van der Waals surface area contributed by atoms with Gasteiger partial charge in [-0.15, -0.1) is 0 Å². The maximum atomic E-state index is 15.2. The predicted octanol–water partition coefficient (Wildman–Crippen LogP) is 4.73. The maximum absolute atomic E-state index is 15.2. The summed E-state index contributed by atoms with van der Waals surface area (Å²) in [4.78, 5) is 44.6. The Morgan fingerprint density at radius 3 is 2.27 bits per heavy atom. The number of rotatable bonds is 7. The van der Waals surface area contributed by atoms with Crippen LogP contribution in [0.25, 0.3) is 0 Å². The standard InChI is InChI=1S/C33H44O7/c1-19(2)14-15-21-17-32(18-24(35)30(5,6)39)26(37)22-16-23(34)31(7,8)40-27(22)33(28(32)38,29(21,3)4)25(36)20-12-10-9-11-13-20/h9-14,21,23-24,34-35,39H,15-18H2,1-8H3. The van der Waals surface area contributed by atoms with Gasteiger partial charge in [0.1, 0.15) is 11.4 Å². The minimum Gasteiger partial charge on any atom is -0.487 e. The Balaban J connectivity index is 2.12. The Bertz CT molecular complexity index is 1280. The molecule has 1 saturated carbocycles. The summed E-state index contributed by atoms with van der Waals surface area (Å²) in [5, 5.41) is 32.8. The molecule has 5 atom stereocenters. The van der Waals surface area contributed by atoms with Gasteiger partial charge in [-0.25, -0.2) is 0 Å². The maximum Gasteiger partial charge on any atom is 0.184 e. The fraction of sp³-hybridized carbons (Fsp3) is 0.606. The summed E-state index contributed by atoms with van der Waals surface area (Å²) < 4.78 is 6.43. The molecule has 0 radical (unpaired) electrons. The zero-order chi connectivity index (χ0) is 30.1. The summed E-state index contributed by atoms with van der Waals surface area (Å²) in [5.74, 6) is -1.87. The van der Waals surface area contributed by atoms with Crippen LogP contribution in [0.4, 0.5) is 0 Å². The average Bonchev–Trinajstić information content (AvgIpc) is 2.85. The van der Waals surface area contributed by atoms with Crippen LogP contribution in [-0.4, -0.2) is 56.1 Å². The number of allylic oxidation sites excluding steroid dienone is 3. The Morgan fingerprint density at radius 2 is 1.73 bits per heavy atom. The van der Waals surface area contributed by atoms with E-state index in [2.05, 4.69) is 0 Å². The van der Waals surface area contributed by atoms with Crippen LogP contribution < -0.4 is 0 Å². The van der Waals surface area contributed by atoms with Crippen molar-refractivity contribution in [1.82, 2.24) is 0 Å². The van der Waals surface area contributed by atoms with E-state index in [4.69, 9.17) is 4.74 Å². The van der Waals surface area contributed by atoms with E-state index in [-0.39, 0.29) is 36.5 Å². The molecule has 0 aromatic heterocycles. The van der Waals surface area contributed by atoms with Crippen LogP contribution in [0, 0.1) is 22.2 Å². The van der Waals surface area contributed by atoms with Crippen LogP contribution in [0.3, 0.4) is 0 Å². The second-order valence-corrected chi connectivity index (χ2v) is 13.9. The van der Waals surface area contributed by atoms with Crippen molar-refractivity contribution in [2.24, 2.45) is 22.2 Å². The highest BCUT2D eigenvalue weighted by Crippen LogP contribution is 2.68. The van der Waals surface area contributed by atoms with Gasteiger partial charge < -0.3 is 20.1 Å². The van der Waals surface area contributed by atoms with Crippen LogP contribution in [0.1, 0.15) is 91.4 Å². The molecule has 2 bridgehead atoms. The van der Waals surface area contributed by atoms with Crippen LogP contribution in [0.15, 0.2) is 53.3 Å². The van der Waals surface area contributed by atoms with Gasteiger partial charge in [0.2, 0.25) is 0 Å². The van der Waals surface area contributed by atoms with Crippen LogP contribution >= 0.6 is 0 Å². The molecule has 7 heteroatoms. The number of hydrogen-bond acceptors (Lipinski definition) is 7. The monoisotopic (exact) mass is 552 g/mol. The first-order valence-corrected chi connectivity index (χ1v) is 14.2. The Morgan fingerprint density at radius 1 is 1.12 bits per heavy atom. The number of carbonyl (C=O) groups is 3. The zero-order valence-electron chi connectivity index (χ0n) is 25.0. The largest absolute Gasteiger partial charge is 0.487 e. The minimum atomic E-state index is -1.88. The highest BCUT2D eigenvalue weighted by atomic mass is 16.5. The lowest BCUT2D eigenvalue weighted by Gasteiger charge is -2.62. The fourth-order valence-corrected chi connectivity index (χ4v) is 6.94. The molecule has 1 aliphatic heterocycles. The number of fused-ring (bicyclic) bond motifs is 3. The minimum absolute atomic E-state index is 0.0342. The van der Waals surface area contributed by atoms with Crippen molar-refractivity contribution >= 4 is 17.3 Å². The Hall–Kier alpha value is -2.61. The molecule has 0 amide bonds. The number of hydrogen-bond donors (Lipinski definition) is 3. The van der Waals surface area contributed by atoms with Crippen molar-refractivity contribution in [1.29, 1.82) is 0 Å². The predicted molar refractivity (Wildman–Crippen MR) is 151 cm³/mol. The molecule has 218 valence electrons. The zero-order valence-corrected chi connectivity index (χ0v) is 25.0. The molecule has 3 aliphatic rings. The van der Waals surface area contributed by atoms with Crippen LogP contribution in [-0.2, 0) is 14.3 Å². The topological polar surface area (TPSA) is 121 Å². The lowest BCUT2D eigenvalue weighted by molar-refractivity contribution is -0.182. The van der Waals surface area contributed by atoms with E-state index in [0.29, 0.717) is 12.0 Å². The SMILES string of the molecule is CC(C)=CCC1CC2(CC(O)C(C)(C)O)C(=O)C3=C(OC(C)(C)C(O)C3)C(C(=O)c3ccccc3)(C2=O)C1(C)C. The highest BCUT2D eigenvalue weighted by Gasteiger charge is 2.76. The lowest BCUT2D eigenvalue weighted by atomic mass is 9.39. The number of aliphatic hydroxyl groups is 3. The van der Waals surface area contributed by atoms with Crippen molar-refractivity contribution in [3.63, 3.8) is 0 Å². The number of carbonyl (C=O) groups excluding carboxylic acids is 3. The molecular formula is C33H44O7. The van der Waals surface area contributed by atoms with E-state index in [1.807, 2.05) is 33.8 Å². The number of aliphatic hydroxyl groups excluding tert-OH is 2. The molecule has 40 heavy (non-hydrogen) atoms. The molecule has 0 spiro atoms. The Labute approximate surface area is 237 Å². The molecule has 2 aliphatic carbocycles. The van der Waals surface area contributed by atoms with Gasteiger partial charge in [0.15, 0.2) is 22.8 Å². The van der Waals surface area contributed by atoms with Crippen LogP contribution in [0.5, 0.6) is 0 Å². The second kappa shape index (κ2) is 9.74. The summed E-state index contributed by atoms with van der Waals surface area (Å²) in [7, 11) is 0. The molecule has 7 nitrogen and oxygen atoms in total. The van der Waals surface area contributed by atoms with Gasteiger partial charge >= 0.3 is 0 Å². The molecule has 1 aromatic carbocycles. The van der Waals surface area contributed by atoms with Gasteiger partial charge in [-0.1, -0.05) is 55.8 Å². The number of benzene rings is 1. The lowest BCUT2D eigenvalue weighted by Crippen LogP contribution is -2.71. The first-order chi connectivity index (χ1) is 18.3. The van der Waals surface area contributed by atoms with E-state index in [1.165, 1.54) is 13.8 Å². The molecular weight excluding hydrogens is 508 g/mol. The third-order valence-electron chi connectivity index (χ3n) is 9.79. The number of ketones is 3. The van der Waals surface area contributed by atoms with Gasteiger partial charge in [0.25, 0.3) is 0 Å². The normalized spacial score (nSPS) is 31.7. The fourth-order valence-electron chi connectivity index (χ4n) is 6.94. The van der Waals surface area contributed by atoms with Gasteiger partial charge in [0.05, 0.1) is 23.2 Å². The molecule has 0 saturated heterocycles. The number of Topliss-reactive ketones (excluding diaryl/α,β-unsaturated/α-hetero) is 3. The van der Waals surface area contributed by atoms with E-state index in [1.54, 1.807) is 44.2 Å². The molecule has 4 rings (SSSR count). The summed E-state index contributed by atoms with van der Waals surface area (Å²) >= 11 is 0. The first-order valence-electron chi connectivity index (χ1n) is 14.2. The second-order valence-electron chi connectivity index (χ2n) is 13.9. The molecule has 3 N–H and O–H groups in total. The van der Waals surface area contributed by atoms with Gasteiger partial charge in [0, 0.05) is 17.6 Å². The third-order valence-corrected chi connectivity index (χ3v) is 9.79. The number of ether oxygens (including phenoxy) is 1. The smallest absolute Gasteiger partial charge is 0.184 e. The highest BCUT2D eigenvalue weighted by molar-refractivity contribution is 6.30. The summed E-state index contributed by atoms with van der Waals surface area (Å²) in [6, 6.07) is 8.57. The summed E-state index contributed by atoms with van der Waals surface area (Å²) in [6.07, 6.45) is -0.211. The molecule has 1 aromatic rings. The Kier molecular flexibility index (Phi) is 7.39. The van der Waals surface area contributed by atoms with E-state index >= 15 is 4.79 Å². The van der Waals surface area contributed by atoms with Gasteiger partial charge in [-0.05, 0) is 72.1 Å². The van der Waals surface area contributed by atoms with Crippen molar-refractivity contribution in [2.75, 3.05) is 0 Å². The van der Waals surface area contributed by atoms with Crippen molar-refractivity contribution < 1.29 is 34.4 Å². The average molecular weight is 553 g/mol. The summed E-state index contributed by atoms with van der Waals surface area (Å²) in [5.41, 5.74) is -5.90. The molecule has 5 unspecified atom stereocenters. The van der Waals surface area contributed by atoms with Crippen molar-refractivity contribution in [3.8, 4) is 0 Å². The van der Waals surface area contributed by atoms with E-state index in [9.17, 15) is 24.9 Å². The van der Waals surface area contributed by atoms with Crippen molar-refractivity contribution in [2.45, 2.75) is 104 Å².